The van der Waals surface area contributed by atoms with Gasteiger partial charge in [0.15, 0.2) is 11.6 Å². The first-order chi connectivity index (χ1) is 8.99. The molecule has 3 N–H and O–H groups in total. The number of phenolic OH excluding ortho intramolecular Hbond substituents is 1. The highest BCUT2D eigenvalue weighted by Gasteiger charge is 2.27. The van der Waals surface area contributed by atoms with E-state index in [2.05, 4.69) is 4.90 Å². The molecule has 0 spiro atoms. The Bertz CT molecular complexity index is 433. The molecule has 2 rings (SSSR count). The van der Waals surface area contributed by atoms with Crippen LogP contribution in [0.3, 0.4) is 0 Å². The molecule has 1 aromatic carbocycles. The number of hydrogen-bond donors (Lipinski definition) is 3. The van der Waals surface area contributed by atoms with Crippen molar-refractivity contribution in [3.63, 3.8) is 0 Å². The Morgan fingerprint density at radius 2 is 1.95 bits per heavy atom. The summed E-state index contributed by atoms with van der Waals surface area (Å²) in [6, 6.07) is 3.78. The molecule has 1 aliphatic rings. The molecule has 4 nitrogen and oxygen atoms in total. The predicted octanol–water partition coefficient (Wildman–Crippen LogP) is 1.41. The summed E-state index contributed by atoms with van der Waals surface area (Å²) in [6.07, 6.45) is 0.319. The summed E-state index contributed by atoms with van der Waals surface area (Å²) in [5, 5.41) is 28.9. The molecule has 106 valence electrons. The minimum Gasteiger partial charge on any atom is -0.505 e. The third kappa shape index (κ3) is 3.23. The SMILES string of the molecule is C[C@H]([C@H](O)c1ccc(O)c(F)c1)N1CCC(O)CC1. The van der Waals surface area contributed by atoms with Crippen molar-refractivity contribution in [3.8, 4) is 5.75 Å². The van der Waals surface area contributed by atoms with Crippen LogP contribution in [-0.4, -0.2) is 45.5 Å². The lowest BCUT2D eigenvalue weighted by Gasteiger charge is -2.36. The Morgan fingerprint density at radius 1 is 1.32 bits per heavy atom. The van der Waals surface area contributed by atoms with E-state index in [1.807, 2.05) is 6.92 Å². The zero-order valence-electron chi connectivity index (χ0n) is 11.0. The van der Waals surface area contributed by atoms with Crippen molar-refractivity contribution in [2.24, 2.45) is 0 Å². The number of aromatic hydroxyl groups is 1. The number of benzene rings is 1. The van der Waals surface area contributed by atoms with Crippen molar-refractivity contribution in [2.75, 3.05) is 13.1 Å². The lowest BCUT2D eigenvalue weighted by atomic mass is 9.99. The third-order valence-electron chi connectivity index (χ3n) is 3.85. The molecular weight excluding hydrogens is 249 g/mol. The molecule has 19 heavy (non-hydrogen) atoms. The van der Waals surface area contributed by atoms with E-state index in [0.717, 1.165) is 19.2 Å². The van der Waals surface area contributed by atoms with Crippen LogP contribution in [0, 0.1) is 5.82 Å². The maximum Gasteiger partial charge on any atom is 0.165 e. The summed E-state index contributed by atoms with van der Waals surface area (Å²) >= 11 is 0. The Balaban J connectivity index is 2.05. The number of nitrogens with zero attached hydrogens (tertiary/aromatic N) is 1. The summed E-state index contributed by atoms with van der Waals surface area (Å²) in [5.41, 5.74) is 0.453. The van der Waals surface area contributed by atoms with Gasteiger partial charge in [-0.1, -0.05) is 6.07 Å². The molecule has 0 amide bonds. The molecule has 5 heteroatoms. The average molecular weight is 269 g/mol. The Hall–Kier alpha value is -1.17. The van der Waals surface area contributed by atoms with E-state index in [1.165, 1.54) is 12.1 Å². The van der Waals surface area contributed by atoms with Gasteiger partial charge in [-0.05, 0) is 37.5 Å². The van der Waals surface area contributed by atoms with E-state index in [0.29, 0.717) is 18.4 Å². The summed E-state index contributed by atoms with van der Waals surface area (Å²) in [5.74, 6) is -1.14. The largest absolute Gasteiger partial charge is 0.505 e. The van der Waals surface area contributed by atoms with Gasteiger partial charge in [0.2, 0.25) is 0 Å². The van der Waals surface area contributed by atoms with Crippen LogP contribution < -0.4 is 0 Å². The molecule has 0 aromatic heterocycles. The van der Waals surface area contributed by atoms with Crippen LogP contribution >= 0.6 is 0 Å². The van der Waals surface area contributed by atoms with Gasteiger partial charge >= 0.3 is 0 Å². The van der Waals surface area contributed by atoms with E-state index in [4.69, 9.17) is 5.11 Å². The fourth-order valence-electron chi connectivity index (χ4n) is 2.48. The van der Waals surface area contributed by atoms with Crippen molar-refractivity contribution in [2.45, 2.75) is 38.0 Å². The molecule has 1 saturated heterocycles. The Labute approximate surface area is 112 Å². The number of halogens is 1. The minimum absolute atomic E-state index is 0.156. The molecule has 0 radical (unpaired) electrons. The predicted molar refractivity (Wildman–Crippen MR) is 69.3 cm³/mol. The van der Waals surface area contributed by atoms with E-state index >= 15 is 0 Å². The Kier molecular flexibility index (Phi) is 4.39. The molecular formula is C14H20FNO3. The summed E-state index contributed by atoms with van der Waals surface area (Å²) in [7, 11) is 0. The van der Waals surface area contributed by atoms with E-state index in [9.17, 15) is 14.6 Å². The molecule has 1 fully saturated rings. The van der Waals surface area contributed by atoms with Gasteiger partial charge in [-0.25, -0.2) is 4.39 Å². The van der Waals surface area contributed by atoms with Gasteiger partial charge in [0.1, 0.15) is 0 Å². The van der Waals surface area contributed by atoms with Crippen LogP contribution in [0.25, 0.3) is 0 Å². The highest BCUT2D eigenvalue weighted by molar-refractivity contribution is 5.29. The molecule has 1 aliphatic heterocycles. The summed E-state index contributed by atoms with van der Waals surface area (Å²) in [4.78, 5) is 2.09. The van der Waals surface area contributed by atoms with Crippen molar-refractivity contribution < 1.29 is 19.7 Å². The van der Waals surface area contributed by atoms with Gasteiger partial charge in [0.25, 0.3) is 0 Å². The van der Waals surface area contributed by atoms with Gasteiger partial charge < -0.3 is 15.3 Å². The molecule has 1 heterocycles. The standard InChI is InChI=1S/C14H20FNO3/c1-9(16-6-4-11(17)5-7-16)14(19)10-2-3-13(18)12(15)8-10/h2-3,8-9,11,14,17-19H,4-7H2,1H3/t9-,14+/m1/s1. The zero-order valence-corrected chi connectivity index (χ0v) is 11.0. The lowest BCUT2D eigenvalue weighted by Crippen LogP contribution is -2.44. The molecule has 0 unspecified atom stereocenters. The molecule has 0 bridgehead atoms. The quantitative estimate of drug-likeness (QED) is 0.776. The van der Waals surface area contributed by atoms with Crippen LogP contribution in [-0.2, 0) is 0 Å². The van der Waals surface area contributed by atoms with Crippen LogP contribution in [0.4, 0.5) is 4.39 Å². The van der Waals surface area contributed by atoms with Crippen molar-refractivity contribution in [1.29, 1.82) is 0 Å². The fraction of sp³-hybridized carbons (Fsp3) is 0.571. The summed E-state index contributed by atoms with van der Waals surface area (Å²) in [6.45, 7) is 3.33. The maximum atomic E-state index is 13.3. The normalized spacial score (nSPS) is 21.3. The average Bonchev–Trinajstić information content (AvgIpc) is 2.41. The smallest absolute Gasteiger partial charge is 0.165 e. The van der Waals surface area contributed by atoms with Crippen molar-refractivity contribution in [1.82, 2.24) is 4.90 Å². The third-order valence-corrected chi connectivity index (χ3v) is 3.85. The summed E-state index contributed by atoms with van der Waals surface area (Å²) < 4.78 is 13.3. The van der Waals surface area contributed by atoms with Gasteiger partial charge in [-0.3, -0.25) is 4.90 Å². The van der Waals surface area contributed by atoms with Crippen LogP contribution in [0.15, 0.2) is 18.2 Å². The molecule has 1 aromatic rings. The van der Waals surface area contributed by atoms with Crippen LogP contribution in [0.2, 0.25) is 0 Å². The van der Waals surface area contributed by atoms with Gasteiger partial charge in [0, 0.05) is 19.1 Å². The van der Waals surface area contributed by atoms with Crippen molar-refractivity contribution in [3.05, 3.63) is 29.6 Å². The van der Waals surface area contributed by atoms with E-state index in [1.54, 1.807) is 0 Å². The van der Waals surface area contributed by atoms with Gasteiger partial charge in [-0.15, -0.1) is 0 Å². The zero-order chi connectivity index (χ0) is 14.0. The number of phenols is 1. The molecule has 0 aliphatic carbocycles. The van der Waals surface area contributed by atoms with Crippen LogP contribution in [0.5, 0.6) is 5.75 Å². The second kappa shape index (κ2) is 5.86. The first kappa shape index (κ1) is 14.2. The first-order valence-electron chi connectivity index (χ1n) is 6.57. The number of likely N-dealkylation sites (tertiary alicyclic amines) is 1. The maximum absolute atomic E-state index is 13.3. The van der Waals surface area contributed by atoms with Crippen LogP contribution in [0.1, 0.15) is 31.4 Å². The first-order valence-corrected chi connectivity index (χ1v) is 6.57. The Morgan fingerprint density at radius 3 is 2.53 bits per heavy atom. The monoisotopic (exact) mass is 269 g/mol. The minimum atomic E-state index is -0.814. The lowest BCUT2D eigenvalue weighted by molar-refractivity contribution is 0.0138. The second-order valence-corrected chi connectivity index (χ2v) is 5.16. The highest BCUT2D eigenvalue weighted by atomic mass is 19.1. The van der Waals surface area contributed by atoms with Gasteiger partial charge in [0.05, 0.1) is 12.2 Å². The molecule has 0 saturated carbocycles. The number of hydrogen-bond acceptors (Lipinski definition) is 4. The fourth-order valence-corrected chi connectivity index (χ4v) is 2.48. The van der Waals surface area contributed by atoms with Gasteiger partial charge in [-0.2, -0.15) is 0 Å². The van der Waals surface area contributed by atoms with E-state index in [-0.39, 0.29) is 12.1 Å². The topological polar surface area (TPSA) is 63.9 Å². The highest BCUT2D eigenvalue weighted by Crippen LogP contribution is 2.26. The van der Waals surface area contributed by atoms with E-state index < -0.39 is 17.7 Å². The van der Waals surface area contributed by atoms with Crippen molar-refractivity contribution >= 4 is 0 Å². The molecule has 2 atom stereocenters. The number of aliphatic hydroxyl groups is 2. The second-order valence-electron chi connectivity index (χ2n) is 5.16. The number of piperidine rings is 1. The number of rotatable bonds is 3. The number of aliphatic hydroxyl groups excluding tert-OH is 2.